The van der Waals surface area contributed by atoms with Crippen molar-refractivity contribution in [3.63, 3.8) is 0 Å². The fourth-order valence-corrected chi connectivity index (χ4v) is 3.96. The molecule has 0 N–H and O–H groups in total. The molecule has 6 nitrogen and oxygen atoms in total. The maximum absolute atomic E-state index is 11.6. The van der Waals surface area contributed by atoms with Gasteiger partial charge >= 0.3 is 0 Å². The van der Waals surface area contributed by atoms with E-state index in [4.69, 9.17) is 4.52 Å². The summed E-state index contributed by atoms with van der Waals surface area (Å²) in [6, 6.07) is 2.60. The molecular formula is C17H28N4O2. The number of rotatable bonds is 3. The van der Waals surface area contributed by atoms with Crippen molar-refractivity contribution < 1.29 is 9.32 Å². The number of aryl methyl sites for hydroxylation is 1. The lowest BCUT2D eigenvalue weighted by atomic mass is 10.0. The summed E-state index contributed by atoms with van der Waals surface area (Å²) in [7, 11) is 0. The quantitative estimate of drug-likeness (QED) is 0.842. The minimum atomic E-state index is 0.203. The topological polar surface area (TPSA) is 52.8 Å². The third kappa shape index (κ3) is 3.93. The molecule has 2 fully saturated rings. The summed E-state index contributed by atoms with van der Waals surface area (Å²) in [6.45, 7) is 12.8. The van der Waals surface area contributed by atoms with Gasteiger partial charge in [0.15, 0.2) is 0 Å². The highest BCUT2D eigenvalue weighted by Gasteiger charge is 2.34. The predicted octanol–water partition coefficient (Wildman–Crippen LogP) is 1.36. The fourth-order valence-electron chi connectivity index (χ4n) is 3.96. The molecule has 0 aliphatic carbocycles. The Hall–Kier alpha value is -1.40. The average Bonchev–Trinajstić information content (AvgIpc) is 2.96. The van der Waals surface area contributed by atoms with Crippen molar-refractivity contribution >= 4 is 5.91 Å². The molecule has 1 amide bonds. The van der Waals surface area contributed by atoms with E-state index in [0.29, 0.717) is 12.0 Å². The number of carbonyl (C=O) groups excluding carboxylic acids is 1. The first-order valence-electron chi connectivity index (χ1n) is 8.67. The predicted molar refractivity (Wildman–Crippen MR) is 87.9 cm³/mol. The molecule has 128 valence electrons. The molecule has 6 heteroatoms. The van der Waals surface area contributed by atoms with E-state index >= 15 is 0 Å². The van der Waals surface area contributed by atoms with Gasteiger partial charge in [0.1, 0.15) is 5.76 Å². The molecule has 1 aromatic heterocycles. The maximum atomic E-state index is 11.6. The molecule has 0 saturated carbocycles. The van der Waals surface area contributed by atoms with Crippen LogP contribution in [0.25, 0.3) is 0 Å². The van der Waals surface area contributed by atoms with Gasteiger partial charge in [-0.15, -0.1) is 0 Å². The molecule has 2 saturated heterocycles. The first-order valence-corrected chi connectivity index (χ1v) is 8.67. The van der Waals surface area contributed by atoms with Crippen LogP contribution < -0.4 is 0 Å². The number of hydrogen-bond acceptors (Lipinski definition) is 5. The highest BCUT2D eigenvalue weighted by Crippen LogP contribution is 2.24. The van der Waals surface area contributed by atoms with Crippen LogP contribution in [0.4, 0.5) is 0 Å². The highest BCUT2D eigenvalue weighted by molar-refractivity contribution is 5.73. The fraction of sp³-hybridized carbons (Fsp3) is 0.765. The van der Waals surface area contributed by atoms with Crippen molar-refractivity contribution in [1.29, 1.82) is 0 Å². The highest BCUT2D eigenvalue weighted by atomic mass is 16.5. The largest absolute Gasteiger partial charge is 0.361 e. The first kappa shape index (κ1) is 16.5. The normalized spacial score (nSPS) is 27.3. The van der Waals surface area contributed by atoms with Gasteiger partial charge in [-0.25, -0.2) is 0 Å². The van der Waals surface area contributed by atoms with Gasteiger partial charge in [-0.05, 0) is 19.3 Å². The van der Waals surface area contributed by atoms with E-state index in [1.807, 2.05) is 17.9 Å². The van der Waals surface area contributed by atoms with Gasteiger partial charge in [0.2, 0.25) is 5.91 Å². The molecule has 1 aromatic rings. The summed E-state index contributed by atoms with van der Waals surface area (Å²) in [5.74, 6) is 1.72. The number of amides is 1. The smallest absolute Gasteiger partial charge is 0.219 e. The van der Waals surface area contributed by atoms with E-state index in [1.165, 1.54) is 0 Å². The zero-order valence-corrected chi connectivity index (χ0v) is 14.5. The molecule has 2 aliphatic heterocycles. The zero-order chi connectivity index (χ0) is 16.4. The van der Waals surface area contributed by atoms with Crippen molar-refractivity contribution in [1.82, 2.24) is 19.9 Å². The van der Waals surface area contributed by atoms with Gasteiger partial charge in [0, 0.05) is 64.8 Å². The Kier molecular flexibility index (Phi) is 5.02. The lowest BCUT2D eigenvalue weighted by molar-refractivity contribution is -0.128. The molecule has 0 radical (unpaired) electrons. The van der Waals surface area contributed by atoms with Gasteiger partial charge in [0.25, 0.3) is 0 Å². The van der Waals surface area contributed by atoms with E-state index in [2.05, 4.69) is 21.9 Å². The number of nitrogens with zero attached hydrogens (tertiary/aromatic N) is 4. The Balaban J connectivity index is 1.57. The molecule has 3 rings (SSSR count). The Morgan fingerprint density at radius 2 is 2.13 bits per heavy atom. The Labute approximate surface area is 138 Å². The Morgan fingerprint density at radius 3 is 2.83 bits per heavy atom. The van der Waals surface area contributed by atoms with Crippen LogP contribution in [-0.4, -0.2) is 71.1 Å². The van der Waals surface area contributed by atoms with Crippen molar-refractivity contribution in [3.05, 3.63) is 17.5 Å². The summed E-state index contributed by atoms with van der Waals surface area (Å²) in [6.07, 6.45) is 1.07. The van der Waals surface area contributed by atoms with E-state index in [0.717, 1.165) is 63.7 Å². The van der Waals surface area contributed by atoms with Gasteiger partial charge in [-0.2, -0.15) is 0 Å². The lowest BCUT2D eigenvalue weighted by Gasteiger charge is -2.30. The molecule has 2 unspecified atom stereocenters. The van der Waals surface area contributed by atoms with Crippen LogP contribution in [0.15, 0.2) is 10.6 Å². The average molecular weight is 320 g/mol. The molecule has 2 atom stereocenters. The van der Waals surface area contributed by atoms with Crippen molar-refractivity contribution in [2.24, 2.45) is 5.92 Å². The third-order valence-electron chi connectivity index (χ3n) is 5.16. The first-order chi connectivity index (χ1) is 11.0. The van der Waals surface area contributed by atoms with Gasteiger partial charge in [-0.3, -0.25) is 14.6 Å². The second-order valence-corrected chi connectivity index (χ2v) is 7.06. The molecule has 0 bridgehead atoms. The van der Waals surface area contributed by atoms with Crippen LogP contribution in [0.2, 0.25) is 0 Å². The van der Waals surface area contributed by atoms with Gasteiger partial charge in [-0.1, -0.05) is 12.1 Å². The van der Waals surface area contributed by atoms with E-state index in [1.54, 1.807) is 6.92 Å². The molecule has 0 spiro atoms. The Bertz CT molecular complexity index is 544. The maximum Gasteiger partial charge on any atom is 0.219 e. The minimum Gasteiger partial charge on any atom is -0.361 e. The van der Waals surface area contributed by atoms with Crippen LogP contribution in [0.5, 0.6) is 0 Å². The van der Waals surface area contributed by atoms with Crippen molar-refractivity contribution in [2.45, 2.75) is 39.8 Å². The number of likely N-dealkylation sites (tertiary alicyclic amines) is 1. The summed E-state index contributed by atoms with van der Waals surface area (Å²) in [5, 5.41) is 4.11. The SMILES string of the molecule is CC(=O)N1CCCN(C2CN(Cc3cc(C)on3)CC2C)CC1. The van der Waals surface area contributed by atoms with Crippen LogP contribution in [0.3, 0.4) is 0 Å². The van der Waals surface area contributed by atoms with E-state index in [9.17, 15) is 4.79 Å². The summed E-state index contributed by atoms with van der Waals surface area (Å²) in [4.78, 5) is 18.6. The third-order valence-corrected chi connectivity index (χ3v) is 5.16. The van der Waals surface area contributed by atoms with Crippen LogP contribution in [0, 0.1) is 12.8 Å². The second-order valence-electron chi connectivity index (χ2n) is 7.06. The molecular weight excluding hydrogens is 292 g/mol. The summed E-state index contributed by atoms with van der Waals surface area (Å²) < 4.78 is 5.17. The summed E-state index contributed by atoms with van der Waals surface area (Å²) >= 11 is 0. The van der Waals surface area contributed by atoms with Crippen LogP contribution in [-0.2, 0) is 11.3 Å². The molecule has 0 aromatic carbocycles. The molecule has 2 aliphatic rings. The van der Waals surface area contributed by atoms with Gasteiger partial charge < -0.3 is 9.42 Å². The van der Waals surface area contributed by atoms with Crippen molar-refractivity contribution in [3.8, 4) is 0 Å². The zero-order valence-electron chi connectivity index (χ0n) is 14.5. The monoisotopic (exact) mass is 320 g/mol. The number of aromatic nitrogens is 1. The number of carbonyl (C=O) groups is 1. The van der Waals surface area contributed by atoms with E-state index in [-0.39, 0.29) is 5.91 Å². The number of hydrogen-bond donors (Lipinski definition) is 0. The van der Waals surface area contributed by atoms with E-state index < -0.39 is 0 Å². The summed E-state index contributed by atoms with van der Waals surface area (Å²) in [5.41, 5.74) is 1.02. The van der Waals surface area contributed by atoms with Crippen LogP contribution >= 0.6 is 0 Å². The molecule has 3 heterocycles. The second kappa shape index (κ2) is 7.01. The van der Waals surface area contributed by atoms with Gasteiger partial charge in [0.05, 0.1) is 5.69 Å². The Morgan fingerprint density at radius 1 is 1.30 bits per heavy atom. The molecule has 23 heavy (non-hydrogen) atoms. The standard InChI is InChI=1S/C17H28N4O2/c1-13-10-19(11-16-9-14(2)23-18-16)12-17(13)21-6-4-5-20(7-8-21)15(3)22/h9,13,17H,4-8,10-12H2,1-3H3. The minimum absolute atomic E-state index is 0.203. The van der Waals surface area contributed by atoms with Crippen molar-refractivity contribution in [2.75, 3.05) is 39.3 Å². The lowest BCUT2D eigenvalue weighted by Crippen LogP contribution is -2.42. The van der Waals surface area contributed by atoms with Crippen LogP contribution in [0.1, 0.15) is 31.7 Å².